The lowest BCUT2D eigenvalue weighted by Crippen LogP contribution is -2.20. The number of rotatable bonds is 6. The maximum atomic E-state index is 12.7. The van der Waals surface area contributed by atoms with E-state index in [2.05, 4.69) is 10.0 Å². The second-order valence-electron chi connectivity index (χ2n) is 6.29. The monoisotopic (exact) mass is 402 g/mol. The number of amides is 1. The first kappa shape index (κ1) is 19.9. The van der Waals surface area contributed by atoms with E-state index in [0.717, 1.165) is 5.39 Å². The van der Waals surface area contributed by atoms with Crippen molar-refractivity contribution in [3.8, 4) is 5.75 Å². The second-order valence-corrected chi connectivity index (χ2v) is 8.14. The topological polar surface area (TPSA) is 97.6 Å². The van der Waals surface area contributed by atoms with Gasteiger partial charge in [0.05, 0.1) is 11.5 Å². The molecule has 0 saturated heterocycles. The van der Waals surface area contributed by atoms with Crippen LogP contribution in [-0.4, -0.2) is 28.0 Å². The Balaban J connectivity index is 1.93. The zero-order chi connectivity index (χ0) is 20.5. The zero-order valence-electron chi connectivity index (χ0n) is 16.1. The number of sulfonamides is 1. The molecule has 0 atom stereocenters. The predicted octanol–water partition coefficient (Wildman–Crippen LogP) is 3.61. The minimum Gasteiger partial charge on any atom is -0.494 e. The maximum absolute atomic E-state index is 12.7. The van der Waals surface area contributed by atoms with Crippen LogP contribution in [0.5, 0.6) is 5.75 Å². The van der Waals surface area contributed by atoms with Crippen LogP contribution < -0.4 is 14.8 Å². The van der Waals surface area contributed by atoms with Gasteiger partial charge in [0.15, 0.2) is 5.76 Å². The van der Waals surface area contributed by atoms with Gasteiger partial charge in [0.25, 0.3) is 5.91 Å². The Kier molecular flexibility index (Phi) is 5.44. The summed E-state index contributed by atoms with van der Waals surface area (Å²) < 4.78 is 37.8. The molecule has 1 aromatic heterocycles. The Morgan fingerprint density at radius 1 is 1.14 bits per heavy atom. The number of benzene rings is 2. The number of furan rings is 1. The first-order valence-corrected chi connectivity index (χ1v) is 10.3. The number of aryl methyl sites for hydroxylation is 2. The Morgan fingerprint density at radius 3 is 2.57 bits per heavy atom. The molecule has 148 valence electrons. The Hall–Kier alpha value is -2.84. The molecule has 0 aliphatic carbocycles. The summed E-state index contributed by atoms with van der Waals surface area (Å²) >= 11 is 0. The van der Waals surface area contributed by atoms with E-state index in [-0.39, 0.29) is 10.7 Å². The van der Waals surface area contributed by atoms with Gasteiger partial charge in [-0.15, -0.1) is 0 Å². The smallest absolute Gasteiger partial charge is 0.291 e. The van der Waals surface area contributed by atoms with E-state index < -0.39 is 15.9 Å². The normalized spacial score (nSPS) is 11.6. The number of ether oxygens (including phenoxy) is 1. The summed E-state index contributed by atoms with van der Waals surface area (Å²) in [5.74, 6) is 0.414. The van der Waals surface area contributed by atoms with Gasteiger partial charge in [-0.2, -0.15) is 0 Å². The summed E-state index contributed by atoms with van der Waals surface area (Å²) in [7, 11) is -2.29. The first-order chi connectivity index (χ1) is 13.3. The summed E-state index contributed by atoms with van der Waals surface area (Å²) in [6.07, 6.45) is 0. The van der Waals surface area contributed by atoms with E-state index in [9.17, 15) is 13.2 Å². The van der Waals surface area contributed by atoms with Crippen molar-refractivity contribution >= 4 is 32.6 Å². The molecule has 0 aliphatic rings. The molecule has 2 N–H and O–H groups in total. The van der Waals surface area contributed by atoms with E-state index in [0.29, 0.717) is 34.8 Å². The van der Waals surface area contributed by atoms with E-state index >= 15 is 0 Å². The van der Waals surface area contributed by atoms with Gasteiger partial charge in [-0.1, -0.05) is 6.07 Å². The van der Waals surface area contributed by atoms with E-state index in [1.807, 2.05) is 13.0 Å². The SMILES string of the molecule is CCOc1ccc2oc(C(=O)Nc3ccc(C)c(S(=O)(=O)NC)c3)c(C)c2c1. The summed E-state index contributed by atoms with van der Waals surface area (Å²) in [5.41, 5.74) is 2.20. The molecule has 0 aliphatic heterocycles. The third-order valence-corrected chi connectivity index (χ3v) is 5.99. The van der Waals surface area contributed by atoms with Gasteiger partial charge in [0.2, 0.25) is 10.0 Å². The first-order valence-electron chi connectivity index (χ1n) is 8.78. The fraction of sp³-hybridized carbons (Fsp3) is 0.250. The molecular formula is C20H22N2O5S. The molecule has 0 saturated carbocycles. The Labute approximate surface area is 163 Å². The van der Waals surface area contributed by atoms with Gasteiger partial charge in [-0.3, -0.25) is 4.79 Å². The lowest BCUT2D eigenvalue weighted by Gasteiger charge is -2.10. The number of anilines is 1. The average Bonchev–Trinajstić information content (AvgIpc) is 3.00. The lowest BCUT2D eigenvalue weighted by molar-refractivity contribution is 0.0998. The fourth-order valence-electron chi connectivity index (χ4n) is 2.94. The van der Waals surface area contributed by atoms with Crippen LogP contribution in [0.3, 0.4) is 0 Å². The van der Waals surface area contributed by atoms with Crippen molar-refractivity contribution in [1.29, 1.82) is 0 Å². The number of carbonyl (C=O) groups is 1. The molecule has 0 spiro atoms. The number of fused-ring (bicyclic) bond motifs is 1. The van der Waals surface area contributed by atoms with Crippen molar-refractivity contribution in [3.63, 3.8) is 0 Å². The summed E-state index contributed by atoms with van der Waals surface area (Å²) in [5, 5.41) is 3.50. The second kappa shape index (κ2) is 7.65. The third-order valence-electron chi connectivity index (χ3n) is 4.43. The highest BCUT2D eigenvalue weighted by Gasteiger charge is 2.20. The van der Waals surface area contributed by atoms with Crippen LogP contribution in [0.25, 0.3) is 11.0 Å². The minimum atomic E-state index is -3.63. The van der Waals surface area contributed by atoms with Gasteiger partial charge >= 0.3 is 0 Å². The van der Waals surface area contributed by atoms with Crippen molar-refractivity contribution in [1.82, 2.24) is 4.72 Å². The van der Waals surface area contributed by atoms with Crippen molar-refractivity contribution in [3.05, 3.63) is 53.3 Å². The van der Waals surface area contributed by atoms with Gasteiger partial charge in [0, 0.05) is 16.6 Å². The maximum Gasteiger partial charge on any atom is 0.291 e. The van der Waals surface area contributed by atoms with Crippen LogP contribution in [0.2, 0.25) is 0 Å². The van der Waals surface area contributed by atoms with Crippen LogP contribution >= 0.6 is 0 Å². The molecule has 0 unspecified atom stereocenters. The quantitative estimate of drug-likeness (QED) is 0.656. The van der Waals surface area contributed by atoms with Gasteiger partial charge in [-0.25, -0.2) is 13.1 Å². The molecule has 1 heterocycles. The van der Waals surface area contributed by atoms with Crippen LogP contribution in [0, 0.1) is 13.8 Å². The van der Waals surface area contributed by atoms with Crippen molar-refractivity contribution < 1.29 is 22.4 Å². The van der Waals surface area contributed by atoms with Gasteiger partial charge < -0.3 is 14.5 Å². The van der Waals surface area contributed by atoms with Crippen LogP contribution in [0.1, 0.15) is 28.6 Å². The molecule has 0 radical (unpaired) electrons. The predicted molar refractivity (Wildman–Crippen MR) is 107 cm³/mol. The van der Waals surface area contributed by atoms with Crippen LogP contribution in [-0.2, 0) is 10.0 Å². The van der Waals surface area contributed by atoms with E-state index in [4.69, 9.17) is 9.15 Å². The largest absolute Gasteiger partial charge is 0.494 e. The highest BCUT2D eigenvalue weighted by atomic mass is 32.2. The summed E-state index contributed by atoms with van der Waals surface area (Å²) in [6, 6.07) is 10.1. The molecule has 2 aromatic carbocycles. The molecule has 7 nitrogen and oxygen atoms in total. The van der Waals surface area contributed by atoms with Crippen molar-refractivity contribution in [2.45, 2.75) is 25.7 Å². The van der Waals surface area contributed by atoms with E-state index in [1.165, 1.54) is 13.1 Å². The van der Waals surface area contributed by atoms with Crippen molar-refractivity contribution in [2.24, 2.45) is 0 Å². The summed E-state index contributed by atoms with van der Waals surface area (Å²) in [4.78, 5) is 12.8. The highest BCUT2D eigenvalue weighted by Crippen LogP contribution is 2.29. The number of hydrogen-bond donors (Lipinski definition) is 2. The number of hydrogen-bond acceptors (Lipinski definition) is 5. The molecular weight excluding hydrogens is 380 g/mol. The molecule has 8 heteroatoms. The molecule has 0 bridgehead atoms. The molecule has 3 aromatic rings. The molecule has 3 rings (SSSR count). The zero-order valence-corrected chi connectivity index (χ0v) is 16.9. The number of carbonyl (C=O) groups excluding carboxylic acids is 1. The van der Waals surface area contributed by atoms with Crippen LogP contribution in [0.4, 0.5) is 5.69 Å². The van der Waals surface area contributed by atoms with Gasteiger partial charge in [0.1, 0.15) is 11.3 Å². The average molecular weight is 402 g/mol. The molecule has 28 heavy (non-hydrogen) atoms. The van der Waals surface area contributed by atoms with Gasteiger partial charge in [-0.05, 0) is 63.7 Å². The van der Waals surface area contributed by atoms with Crippen molar-refractivity contribution in [2.75, 3.05) is 19.0 Å². The third kappa shape index (κ3) is 3.74. The highest BCUT2D eigenvalue weighted by molar-refractivity contribution is 7.89. The van der Waals surface area contributed by atoms with E-state index in [1.54, 1.807) is 38.1 Å². The molecule has 0 fully saturated rings. The fourth-order valence-corrected chi connectivity index (χ4v) is 3.93. The molecule has 1 amide bonds. The minimum absolute atomic E-state index is 0.107. The standard InChI is InChI=1S/C20H22N2O5S/c1-5-26-15-8-9-17-16(11-15)13(3)19(27-17)20(23)22-14-7-6-12(2)18(10-14)28(24,25)21-4/h6-11,21H,5H2,1-4H3,(H,22,23). The van der Waals surface area contributed by atoms with Crippen LogP contribution in [0.15, 0.2) is 45.7 Å². The Bertz CT molecular complexity index is 1150. The Morgan fingerprint density at radius 2 is 1.89 bits per heavy atom. The summed E-state index contributed by atoms with van der Waals surface area (Å²) in [6.45, 7) is 5.92. The number of nitrogens with one attached hydrogen (secondary N) is 2. The lowest BCUT2D eigenvalue weighted by atomic mass is 10.1.